The molecule has 5 heteroatoms. The van der Waals surface area contributed by atoms with Crippen molar-refractivity contribution in [3.8, 4) is 11.5 Å². The Kier molecular flexibility index (Phi) is 4.63. The van der Waals surface area contributed by atoms with Crippen LogP contribution >= 0.6 is 0 Å². The molecule has 1 aliphatic heterocycles. The van der Waals surface area contributed by atoms with Gasteiger partial charge in [-0.15, -0.1) is 0 Å². The second kappa shape index (κ2) is 6.43. The number of hydrogen-bond acceptors (Lipinski definition) is 4. The van der Waals surface area contributed by atoms with Gasteiger partial charge in [-0.3, -0.25) is 4.79 Å². The van der Waals surface area contributed by atoms with Gasteiger partial charge < -0.3 is 19.5 Å². The number of rotatable bonds is 6. The summed E-state index contributed by atoms with van der Waals surface area (Å²) in [5.41, 5.74) is 0.578. The first-order chi connectivity index (χ1) is 9.16. The van der Waals surface area contributed by atoms with Gasteiger partial charge in [-0.1, -0.05) is 0 Å². The zero-order chi connectivity index (χ0) is 13.7. The van der Waals surface area contributed by atoms with Crippen LogP contribution in [0.15, 0.2) is 18.2 Å². The van der Waals surface area contributed by atoms with Crippen molar-refractivity contribution in [3.63, 3.8) is 0 Å². The first-order valence-electron chi connectivity index (χ1n) is 6.46. The summed E-state index contributed by atoms with van der Waals surface area (Å²) in [5.74, 6) is 1.19. The van der Waals surface area contributed by atoms with Crippen LogP contribution in [0.3, 0.4) is 0 Å². The molecule has 1 aromatic carbocycles. The van der Waals surface area contributed by atoms with Crippen LogP contribution in [-0.2, 0) is 4.74 Å². The minimum Gasteiger partial charge on any atom is -0.454 e. The second-order valence-corrected chi connectivity index (χ2v) is 4.60. The predicted octanol–water partition coefficient (Wildman–Crippen LogP) is 1.96. The molecular weight excluding hydrogens is 246 g/mol. The molecule has 0 spiro atoms. The summed E-state index contributed by atoms with van der Waals surface area (Å²) in [4.78, 5) is 11.9. The van der Waals surface area contributed by atoms with Crippen LogP contribution < -0.4 is 14.8 Å². The molecule has 0 aliphatic carbocycles. The number of benzene rings is 1. The molecule has 0 aromatic heterocycles. The molecule has 1 aromatic rings. The summed E-state index contributed by atoms with van der Waals surface area (Å²) in [6.45, 7) is 5.45. The van der Waals surface area contributed by atoms with Crippen molar-refractivity contribution in [3.05, 3.63) is 23.8 Å². The number of nitrogens with one attached hydrogen (secondary N) is 1. The van der Waals surface area contributed by atoms with Gasteiger partial charge in [0.15, 0.2) is 11.5 Å². The van der Waals surface area contributed by atoms with Crippen molar-refractivity contribution in [2.75, 3.05) is 19.9 Å². The number of fused-ring (bicyclic) bond motifs is 1. The Labute approximate surface area is 112 Å². The zero-order valence-corrected chi connectivity index (χ0v) is 11.3. The smallest absolute Gasteiger partial charge is 0.251 e. The first-order valence-corrected chi connectivity index (χ1v) is 6.46. The summed E-state index contributed by atoms with van der Waals surface area (Å²) in [6.07, 6.45) is 1.03. The molecule has 5 nitrogen and oxygen atoms in total. The molecule has 0 saturated carbocycles. The van der Waals surface area contributed by atoms with E-state index in [9.17, 15) is 4.79 Å². The van der Waals surface area contributed by atoms with E-state index < -0.39 is 0 Å². The topological polar surface area (TPSA) is 56.8 Å². The fourth-order valence-corrected chi connectivity index (χ4v) is 1.73. The van der Waals surface area contributed by atoms with E-state index in [2.05, 4.69) is 5.32 Å². The van der Waals surface area contributed by atoms with Crippen LogP contribution in [0, 0.1) is 0 Å². The highest BCUT2D eigenvalue weighted by molar-refractivity contribution is 5.94. The molecule has 0 atom stereocenters. The largest absolute Gasteiger partial charge is 0.454 e. The molecule has 2 rings (SSSR count). The molecule has 19 heavy (non-hydrogen) atoms. The number of amides is 1. The quantitative estimate of drug-likeness (QED) is 0.799. The predicted molar refractivity (Wildman–Crippen MR) is 70.6 cm³/mol. The molecule has 1 amide bonds. The highest BCUT2D eigenvalue weighted by Crippen LogP contribution is 2.32. The third-order valence-corrected chi connectivity index (χ3v) is 2.69. The second-order valence-electron chi connectivity index (χ2n) is 4.60. The monoisotopic (exact) mass is 265 g/mol. The van der Waals surface area contributed by atoms with Gasteiger partial charge in [-0.25, -0.2) is 0 Å². The maximum atomic E-state index is 11.9. The van der Waals surface area contributed by atoms with E-state index >= 15 is 0 Å². The average Bonchev–Trinajstić information content (AvgIpc) is 2.84. The van der Waals surface area contributed by atoms with Crippen LogP contribution in [-0.4, -0.2) is 32.0 Å². The number of ether oxygens (including phenoxy) is 3. The van der Waals surface area contributed by atoms with Crippen molar-refractivity contribution in [1.82, 2.24) is 5.32 Å². The average molecular weight is 265 g/mol. The van der Waals surface area contributed by atoms with Crippen LogP contribution in [0.1, 0.15) is 30.6 Å². The van der Waals surface area contributed by atoms with Gasteiger partial charge in [0.05, 0.1) is 6.10 Å². The Bertz CT molecular complexity index is 445. The zero-order valence-electron chi connectivity index (χ0n) is 11.3. The Hall–Kier alpha value is -1.75. The maximum absolute atomic E-state index is 11.9. The Morgan fingerprint density at radius 1 is 1.37 bits per heavy atom. The van der Waals surface area contributed by atoms with E-state index in [-0.39, 0.29) is 18.8 Å². The Balaban J connectivity index is 1.77. The van der Waals surface area contributed by atoms with E-state index in [0.29, 0.717) is 30.2 Å². The van der Waals surface area contributed by atoms with E-state index in [4.69, 9.17) is 14.2 Å². The maximum Gasteiger partial charge on any atom is 0.251 e. The van der Waals surface area contributed by atoms with Gasteiger partial charge in [0.1, 0.15) is 0 Å². The molecule has 1 aliphatic rings. The molecule has 0 unspecified atom stereocenters. The SMILES string of the molecule is CC(C)OCCCNC(=O)c1ccc2c(c1)OCO2. The Morgan fingerprint density at radius 2 is 2.16 bits per heavy atom. The van der Waals surface area contributed by atoms with Gasteiger partial charge in [-0.2, -0.15) is 0 Å². The fraction of sp³-hybridized carbons (Fsp3) is 0.500. The molecule has 0 saturated heterocycles. The Morgan fingerprint density at radius 3 is 2.95 bits per heavy atom. The van der Waals surface area contributed by atoms with Gasteiger partial charge in [0.25, 0.3) is 5.91 Å². The molecule has 104 valence electrons. The van der Waals surface area contributed by atoms with E-state index in [0.717, 1.165) is 6.42 Å². The third-order valence-electron chi connectivity index (χ3n) is 2.69. The van der Waals surface area contributed by atoms with Crippen molar-refractivity contribution < 1.29 is 19.0 Å². The molecule has 1 N–H and O–H groups in total. The summed E-state index contributed by atoms with van der Waals surface area (Å²) in [5, 5.41) is 2.85. The van der Waals surface area contributed by atoms with E-state index in [1.807, 2.05) is 13.8 Å². The lowest BCUT2D eigenvalue weighted by atomic mass is 10.2. The first kappa shape index (κ1) is 13.7. The molecule has 1 heterocycles. The molecule has 0 fully saturated rings. The summed E-state index contributed by atoms with van der Waals surface area (Å²) in [6, 6.07) is 5.18. The van der Waals surface area contributed by atoms with Gasteiger partial charge in [-0.05, 0) is 38.5 Å². The fourth-order valence-electron chi connectivity index (χ4n) is 1.73. The summed E-state index contributed by atoms with van der Waals surface area (Å²) < 4.78 is 15.8. The van der Waals surface area contributed by atoms with Crippen LogP contribution in [0.25, 0.3) is 0 Å². The van der Waals surface area contributed by atoms with Crippen LogP contribution in [0.5, 0.6) is 11.5 Å². The van der Waals surface area contributed by atoms with Crippen LogP contribution in [0.4, 0.5) is 0 Å². The van der Waals surface area contributed by atoms with Crippen molar-refractivity contribution >= 4 is 5.91 Å². The summed E-state index contributed by atoms with van der Waals surface area (Å²) >= 11 is 0. The number of hydrogen-bond donors (Lipinski definition) is 1. The minimum absolute atomic E-state index is 0.108. The van der Waals surface area contributed by atoms with Gasteiger partial charge in [0, 0.05) is 18.7 Å². The molecule has 0 bridgehead atoms. The number of carbonyl (C=O) groups excluding carboxylic acids is 1. The lowest BCUT2D eigenvalue weighted by molar-refractivity contribution is 0.0757. The van der Waals surface area contributed by atoms with Crippen molar-refractivity contribution in [2.24, 2.45) is 0 Å². The van der Waals surface area contributed by atoms with Crippen molar-refractivity contribution in [2.45, 2.75) is 26.4 Å². The lowest BCUT2D eigenvalue weighted by Gasteiger charge is -2.08. The molecular formula is C14H19NO4. The van der Waals surface area contributed by atoms with E-state index in [1.54, 1.807) is 18.2 Å². The summed E-state index contributed by atoms with van der Waals surface area (Å²) in [7, 11) is 0. The van der Waals surface area contributed by atoms with Crippen LogP contribution in [0.2, 0.25) is 0 Å². The normalized spacial score (nSPS) is 12.8. The van der Waals surface area contributed by atoms with Gasteiger partial charge >= 0.3 is 0 Å². The van der Waals surface area contributed by atoms with Gasteiger partial charge in [0.2, 0.25) is 6.79 Å². The lowest BCUT2D eigenvalue weighted by Crippen LogP contribution is -2.25. The van der Waals surface area contributed by atoms with Crippen molar-refractivity contribution in [1.29, 1.82) is 0 Å². The number of carbonyl (C=O) groups is 1. The van der Waals surface area contributed by atoms with E-state index in [1.165, 1.54) is 0 Å². The standard InChI is InChI=1S/C14H19NO4/c1-10(2)17-7-3-6-15-14(16)11-4-5-12-13(8-11)19-9-18-12/h4-5,8,10H,3,6-7,9H2,1-2H3,(H,15,16). The highest BCUT2D eigenvalue weighted by Gasteiger charge is 2.15. The highest BCUT2D eigenvalue weighted by atomic mass is 16.7. The third kappa shape index (κ3) is 3.86. The molecule has 0 radical (unpaired) electrons. The minimum atomic E-state index is -0.108.